The quantitative estimate of drug-likeness (QED) is 0.898. The fourth-order valence-corrected chi connectivity index (χ4v) is 2.81. The van der Waals surface area contributed by atoms with Crippen LogP contribution in [0.4, 0.5) is 0 Å². The zero-order valence-corrected chi connectivity index (χ0v) is 11.6. The van der Waals surface area contributed by atoms with Crippen molar-refractivity contribution < 1.29 is 4.79 Å². The molecule has 1 aliphatic rings. The van der Waals surface area contributed by atoms with Crippen LogP contribution in [0.5, 0.6) is 0 Å². The molecule has 1 aromatic rings. The first kappa shape index (κ1) is 14.0. The van der Waals surface area contributed by atoms with Crippen molar-refractivity contribution in [2.45, 2.75) is 51.1 Å². The number of hydrogen-bond acceptors (Lipinski definition) is 3. The summed E-state index contributed by atoms with van der Waals surface area (Å²) >= 11 is 0. The van der Waals surface area contributed by atoms with E-state index in [1.807, 2.05) is 30.0 Å². The number of nitrogens with zero attached hydrogens (tertiary/aromatic N) is 2. The highest BCUT2D eigenvalue weighted by molar-refractivity contribution is 5.78. The predicted molar refractivity (Wildman–Crippen MR) is 75.6 cm³/mol. The minimum Gasteiger partial charge on any atom is -0.340 e. The van der Waals surface area contributed by atoms with Crippen molar-refractivity contribution in [2.24, 2.45) is 5.73 Å². The van der Waals surface area contributed by atoms with Gasteiger partial charge in [0.15, 0.2) is 0 Å². The van der Waals surface area contributed by atoms with Gasteiger partial charge in [0.1, 0.15) is 0 Å². The molecule has 0 radical (unpaired) electrons. The molecule has 4 heteroatoms. The zero-order valence-electron chi connectivity index (χ0n) is 11.6. The van der Waals surface area contributed by atoms with E-state index in [0.717, 1.165) is 37.9 Å². The number of carbonyl (C=O) groups excluding carboxylic acids is 1. The summed E-state index contributed by atoms with van der Waals surface area (Å²) in [6, 6.07) is 6.38. The Morgan fingerprint density at radius 2 is 2.11 bits per heavy atom. The molecule has 0 atom stereocenters. The Bertz CT molecular complexity index is 399. The van der Waals surface area contributed by atoms with Gasteiger partial charge in [-0.05, 0) is 44.7 Å². The van der Waals surface area contributed by atoms with Crippen LogP contribution in [0.1, 0.15) is 38.3 Å². The molecule has 4 nitrogen and oxygen atoms in total. The van der Waals surface area contributed by atoms with E-state index in [1.54, 1.807) is 6.20 Å². The molecule has 104 valence electrons. The lowest BCUT2D eigenvalue weighted by atomic mass is 9.90. The molecule has 0 aromatic carbocycles. The van der Waals surface area contributed by atoms with Crippen molar-refractivity contribution >= 4 is 5.91 Å². The molecule has 1 fully saturated rings. The lowest BCUT2D eigenvalue weighted by Crippen LogP contribution is -2.44. The van der Waals surface area contributed by atoms with Gasteiger partial charge in [-0.15, -0.1) is 0 Å². The maximum atomic E-state index is 12.4. The lowest BCUT2D eigenvalue weighted by molar-refractivity contribution is -0.133. The van der Waals surface area contributed by atoms with Gasteiger partial charge in [0.05, 0.1) is 6.42 Å². The van der Waals surface area contributed by atoms with Gasteiger partial charge in [0.2, 0.25) is 5.91 Å². The van der Waals surface area contributed by atoms with Crippen molar-refractivity contribution in [1.82, 2.24) is 9.88 Å². The number of amides is 1. The largest absolute Gasteiger partial charge is 0.340 e. The van der Waals surface area contributed by atoms with Crippen LogP contribution in [0.3, 0.4) is 0 Å². The summed E-state index contributed by atoms with van der Waals surface area (Å²) in [5.41, 5.74) is 6.77. The molecule has 1 amide bonds. The molecule has 19 heavy (non-hydrogen) atoms. The van der Waals surface area contributed by atoms with Gasteiger partial charge in [-0.1, -0.05) is 6.07 Å². The molecule has 2 N–H and O–H groups in total. The third kappa shape index (κ3) is 3.77. The fourth-order valence-electron chi connectivity index (χ4n) is 2.81. The van der Waals surface area contributed by atoms with Crippen molar-refractivity contribution in [3.63, 3.8) is 0 Å². The van der Waals surface area contributed by atoms with Crippen LogP contribution >= 0.6 is 0 Å². The third-order valence-electron chi connectivity index (χ3n) is 3.90. The Hall–Kier alpha value is -1.42. The van der Waals surface area contributed by atoms with Crippen molar-refractivity contribution in [3.05, 3.63) is 30.1 Å². The Kier molecular flexibility index (Phi) is 4.91. The summed E-state index contributed by atoms with van der Waals surface area (Å²) in [7, 11) is 0. The summed E-state index contributed by atoms with van der Waals surface area (Å²) in [4.78, 5) is 18.6. The second-order valence-corrected chi connectivity index (χ2v) is 5.25. The molecule has 2 rings (SSSR count). The highest BCUT2D eigenvalue weighted by atomic mass is 16.2. The molecule has 0 aliphatic heterocycles. The Labute approximate surface area is 115 Å². The average molecular weight is 261 g/mol. The topological polar surface area (TPSA) is 59.2 Å². The van der Waals surface area contributed by atoms with Gasteiger partial charge in [0, 0.05) is 30.5 Å². The number of aromatic nitrogens is 1. The van der Waals surface area contributed by atoms with Crippen molar-refractivity contribution in [2.75, 3.05) is 6.54 Å². The molecule has 0 unspecified atom stereocenters. The molecule has 1 aromatic heterocycles. The van der Waals surface area contributed by atoms with Crippen molar-refractivity contribution in [1.29, 1.82) is 0 Å². The van der Waals surface area contributed by atoms with E-state index < -0.39 is 0 Å². The number of nitrogens with two attached hydrogens (primary N) is 1. The van der Waals surface area contributed by atoms with E-state index in [-0.39, 0.29) is 5.91 Å². The first-order chi connectivity index (χ1) is 9.20. The Morgan fingerprint density at radius 1 is 1.37 bits per heavy atom. The summed E-state index contributed by atoms with van der Waals surface area (Å²) in [5, 5.41) is 0. The number of pyridine rings is 1. The smallest absolute Gasteiger partial charge is 0.228 e. The minimum absolute atomic E-state index is 0.182. The maximum absolute atomic E-state index is 12.4. The van der Waals surface area contributed by atoms with E-state index in [0.29, 0.717) is 18.5 Å². The first-order valence-corrected chi connectivity index (χ1v) is 7.15. The standard InChI is InChI=1S/C15H23N3O/c1-2-18(14-8-6-12(16)7-9-14)15(19)11-13-5-3-4-10-17-13/h3-5,10,12,14H,2,6-9,11,16H2,1H3. The van der Waals surface area contributed by atoms with Gasteiger partial charge < -0.3 is 10.6 Å². The number of rotatable bonds is 4. The van der Waals surface area contributed by atoms with Gasteiger partial charge >= 0.3 is 0 Å². The van der Waals surface area contributed by atoms with Gasteiger partial charge in [-0.3, -0.25) is 9.78 Å². The van der Waals surface area contributed by atoms with E-state index in [9.17, 15) is 4.79 Å². The molecular formula is C15H23N3O. The molecule has 0 spiro atoms. The Morgan fingerprint density at radius 3 is 2.68 bits per heavy atom. The maximum Gasteiger partial charge on any atom is 0.228 e. The highest BCUT2D eigenvalue weighted by Gasteiger charge is 2.26. The summed E-state index contributed by atoms with van der Waals surface area (Å²) < 4.78 is 0. The summed E-state index contributed by atoms with van der Waals surface area (Å²) in [6.45, 7) is 2.82. The number of hydrogen-bond donors (Lipinski definition) is 1. The number of likely N-dealkylation sites (N-methyl/N-ethyl adjacent to an activating group) is 1. The van der Waals surface area contributed by atoms with Crippen LogP contribution in [-0.4, -0.2) is 34.4 Å². The molecule has 0 saturated heterocycles. The van der Waals surface area contributed by atoms with Gasteiger partial charge in [-0.25, -0.2) is 0 Å². The normalized spacial score (nSPS) is 23.1. The summed E-state index contributed by atoms with van der Waals surface area (Å²) in [6.07, 6.45) is 6.25. The first-order valence-electron chi connectivity index (χ1n) is 7.15. The fraction of sp³-hybridized carbons (Fsp3) is 0.600. The van der Waals surface area contributed by atoms with Gasteiger partial charge in [0.25, 0.3) is 0 Å². The number of carbonyl (C=O) groups is 1. The average Bonchev–Trinajstić information content (AvgIpc) is 2.43. The van der Waals surface area contributed by atoms with Crippen LogP contribution in [0.2, 0.25) is 0 Å². The molecule has 1 heterocycles. The minimum atomic E-state index is 0.182. The third-order valence-corrected chi connectivity index (χ3v) is 3.90. The van der Waals surface area contributed by atoms with E-state index in [1.165, 1.54) is 0 Å². The second kappa shape index (κ2) is 6.66. The highest BCUT2D eigenvalue weighted by Crippen LogP contribution is 2.22. The molecule has 0 bridgehead atoms. The van der Waals surface area contributed by atoms with Crippen LogP contribution in [0.15, 0.2) is 24.4 Å². The molecular weight excluding hydrogens is 238 g/mol. The van der Waals surface area contributed by atoms with Crippen LogP contribution < -0.4 is 5.73 Å². The predicted octanol–water partition coefficient (Wildman–Crippen LogP) is 1.74. The second-order valence-electron chi connectivity index (χ2n) is 5.25. The van der Waals surface area contributed by atoms with Crippen LogP contribution in [0, 0.1) is 0 Å². The van der Waals surface area contributed by atoms with E-state index in [4.69, 9.17) is 5.73 Å². The lowest BCUT2D eigenvalue weighted by Gasteiger charge is -2.35. The SMILES string of the molecule is CCN(C(=O)Cc1ccccn1)C1CCC(N)CC1. The van der Waals surface area contributed by atoms with Crippen molar-refractivity contribution in [3.8, 4) is 0 Å². The van der Waals surface area contributed by atoms with Crippen LogP contribution in [0.25, 0.3) is 0 Å². The van der Waals surface area contributed by atoms with Gasteiger partial charge in [-0.2, -0.15) is 0 Å². The monoisotopic (exact) mass is 261 g/mol. The zero-order chi connectivity index (χ0) is 13.7. The molecule has 1 aliphatic carbocycles. The molecule has 1 saturated carbocycles. The van der Waals surface area contributed by atoms with E-state index in [2.05, 4.69) is 4.98 Å². The van der Waals surface area contributed by atoms with Crippen LogP contribution in [-0.2, 0) is 11.2 Å². The Balaban J connectivity index is 1.95. The summed E-state index contributed by atoms with van der Waals surface area (Å²) in [5.74, 6) is 0.182. The van der Waals surface area contributed by atoms with E-state index >= 15 is 0 Å².